The van der Waals surface area contributed by atoms with Gasteiger partial charge in [0.1, 0.15) is 11.5 Å². The molecule has 0 aromatic heterocycles. The first kappa shape index (κ1) is 14.2. The lowest BCUT2D eigenvalue weighted by Crippen LogP contribution is -2.40. The minimum atomic E-state index is -0.641. The van der Waals surface area contributed by atoms with Gasteiger partial charge in [0.15, 0.2) is 0 Å². The van der Waals surface area contributed by atoms with E-state index < -0.39 is 17.4 Å². The number of hydrogen-bond donors (Lipinski definition) is 0. The Kier molecular flexibility index (Phi) is 3.27. The number of rotatable bonds is 4. The van der Waals surface area contributed by atoms with Crippen LogP contribution in [0.25, 0.3) is 0 Å². The van der Waals surface area contributed by atoms with Crippen LogP contribution >= 0.6 is 0 Å². The van der Waals surface area contributed by atoms with Gasteiger partial charge in [0.05, 0.1) is 31.3 Å². The number of ether oxygens (including phenoxy) is 3. The number of hydrogen-bond acceptors (Lipinski definition) is 5. The molecule has 6 heteroatoms. The summed E-state index contributed by atoms with van der Waals surface area (Å²) in [6.45, 7) is 3.97. The molecule has 3 unspecified atom stereocenters. The second-order valence-electron chi connectivity index (χ2n) is 6.51. The second kappa shape index (κ2) is 5.06. The third-order valence-electron chi connectivity index (χ3n) is 5.19. The van der Waals surface area contributed by atoms with Crippen LogP contribution < -0.4 is 0 Å². The molecule has 5 atom stereocenters. The molecule has 4 heterocycles. The minimum absolute atomic E-state index is 0.000373. The van der Waals surface area contributed by atoms with Gasteiger partial charge in [-0.3, -0.25) is 9.59 Å². The van der Waals surface area contributed by atoms with E-state index in [0.717, 1.165) is 19.4 Å². The Balaban J connectivity index is 1.55. The van der Waals surface area contributed by atoms with Gasteiger partial charge in [0.2, 0.25) is 5.91 Å². The number of carbonyl (C=O) groups is 2. The number of esters is 1. The summed E-state index contributed by atoms with van der Waals surface area (Å²) in [4.78, 5) is 26.9. The van der Waals surface area contributed by atoms with E-state index in [1.807, 2.05) is 12.2 Å². The minimum Gasteiger partial charge on any atom is -0.466 e. The Morgan fingerprint density at radius 1 is 1.55 bits per heavy atom. The fourth-order valence-electron chi connectivity index (χ4n) is 4.27. The molecule has 0 saturated carbocycles. The van der Waals surface area contributed by atoms with Crippen molar-refractivity contribution in [3.05, 3.63) is 12.2 Å². The van der Waals surface area contributed by atoms with E-state index in [0.29, 0.717) is 19.7 Å². The second-order valence-corrected chi connectivity index (χ2v) is 6.51. The van der Waals surface area contributed by atoms with Crippen molar-refractivity contribution in [3.8, 4) is 0 Å². The molecule has 22 heavy (non-hydrogen) atoms. The number of nitrogens with zero attached hydrogens (tertiary/aromatic N) is 1. The average Bonchev–Trinajstić information content (AvgIpc) is 3.23. The van der Waals surface area contributed by atoms with Gasteiger partial charge in [0.25, 0.3) is 0 Å². The van der Waals surface area contributed by atoms with Crippen LogP contribution in [-0.4, -0.2) is 60.9 Å². The monoisotopic (exact) mass is 307 g/mol. The molecule has 4 aliphatic rings. The van der Waals surface area contributed by atoms with Crippen molar-refractivity contribution in [1.29, 1.82) is 0 Å². The van der Waals surface area contributed by atoms with Crippen molar-refractivity contribution in [1.82, 2.24) is 4.90 Å². The van der Waals surface area contributed by atoms with Crippen molar-refractivity contribution < 1.29 is 23.8 Å². The fourth-order valence-corrected chi connectivity index (χ4v) is 4.27. The van der Waals surface area contributed by atoms with Crippen molar-refractivity contribution >= 4 is 11.9 Å². The third kappa shape index (κ3) is 1.93. The summed E-state index contributed by atoms with van der Waals surface area (Å²) in [6.07, 6.45) is 5.69. The molecule has 4 rings (SSSR count). The summed E-state index contributed by atoms with van der Waals surface area (Å²) in [5.74, 6) is -1.27. The highest BCUT2D eigenvalue weighted by molar-refractivity contribution is 5.91. The largest absolute Gasteiger partial charge is 0.466 e. The summed E-state index contributed by atoms with van der Waals surface area (Å²) in [7, 11) is 0. The SMILES string of the molecule is CCOC(=O)C1[C@H]2C=CC3(CN(CC4CCCO4)C(=O)[C@@H]13)O2. The highest BCUT2D eigenvalue weighted by Gasteiger charge is 2.67. The molecule has 4 aliphatic heterocycles. The van der Waals surface area contributed by atoms with Gasteiger partial charge in [0, 0.05) is 13.2 Å². The van der Waals surface area contributed by atoms with Crippen LogP contribution in [0.2, 0.25) is 0 Å². The van der Waals surface area contributed by atoms with E-state index in [1.54, 1.807) is 11.8 Å². The fraction of sp³-hybridized carbons (Fsp3) is 0.750. The first-order chi connectivity index (χ1) is 10.6. The average molecular weight is 307 g/mol. The van der Waals surface area contributed by atoms with Crippen LogP contribution in [0.1, 0.15) is 19.8 Å². The van der Waals surface area contributed by atoms with Gasteiger partial charge in [-0.15, -0.1) is 0 Å². The Hall–Kier alpha value is -1.40. The van der Waals surface area contributed by atoms with E-state index >= 15 is 0 Å². The summed E-state index contributed by atoms with van der Waals surface area (Å²) < 4.78 is 16.8. The lowest BCUT2D eigenvalue weighted by molar-refractivity contribution is -0.153. The molecule has 6 nitrogen and oxygen atoms in total. The molecule has 1 spiro atoms. The lowest BCUT2D eigenvalue weighted by Gasteiger charge is -2.23. The number of fused-ring (bicyclic) bond motifs is 1. The van der Waals surface area contributed by atoms with Gasteiger partial charge in [-0.25, -0.2) is 0 Å². The number of carbonyl (C=O) groups excluding carboxylic acids is 2. The van der Waals surface area contributed by atoms with Gasteiger partial charge < -0.3 is 19.1 Å². The maximum Gasteiger partial charge on any atom is 0.312 e. The van der Waals surface area contributed by atoms with Gasteiger partial charge in [-0.1, -0.05) is 12.2 Å². The Morgan fingerprint density at radius 2 is 2.41 bits per heavy atom. The number of likely N-dealkylation sites (tertiary alicyclic amines) is 1. The molecule has 0 radical (unpaired) electrons. The molecule has 3 saturated heterocycles. The summed E-state index contributed by atoms with van der Waals surface area (Å²) in [6, 6.07) is 0. The summed E-state index contributed by atoms with van der Waals surface area (Å²) in [5.41, 5.74) is -0.641. The normalized spacial score (nSPS) is 42.2. The molecule has 0 aliphatic carbocycles. The van der Waals surface area contributed by atoms with Crippen LogP contribution in [0.15, 0.2) is 12.2 Å². The first-order valence-electron chi connectivity index (χ1n) is 8.09. The molecule has 120 valence electrons. The van der Waals surface area contributed by atoms with E-state index in [-0.39, 0.29) is 24.1 Å². The molecule has 0 aromatic carbocycles. The van der Waals surface area contributed by atoms with Crippen molar-refractivity contribution in [2.24, 2.45) is 11.8 Å². The zero-order valence-corrected chi connectivity index (χ0v) is 12.7. The predicted molar refractivity (Wildman–Crippen MR) is 75.9 cm³/mol. The molecule has 3 fully saturated rings. The van der Waals surface area contributed by atoms with Gasteiger partial charge in [-0.05, 0) is 19.8 Å². The zero-order chi connectivity index (χ0) is 15.3. The van der Waals surface area contributed by atoms with Crippen LogP contribution in [0.4, 0.5) is 0 Å². The Bertz CT molecular complexity index is 527. The van der Waals surface area contributed by atoms with E-state index in [4.69, 9.17) is 14.2 Å². The van der Waals surface area contributed by atoms with Gasteiger partial charge >= 0.3 is 5.97 Å². The molecule has 0 aromatic rings. The first-order valence-corrected chi connectivity index (χ1v) is 8.09. The van der Waals surface area contributed by atoms with E-state index in [2.05, 4.69) is 0 Å². The molecule has 0 N–H and O–H groups in total. The van der Waals surface area contributed by atoms with E-state index in [9.17, 15) is 9.59 Å². The third-order valence-corrected chi connectivity index (χ3v) is 5.19. The van der Waals surface area contributed by atoms with Crippen LogP contribution in [0.3, 0.4) is 0 Å². The topological polar surface area (TPSA) is 65.1 Å². The predicted octanol–water partition coefficient (Wildman–Crippen LogP) is 0.510. The maximum atomic E-state index is 12.8. The standard InChI is InChI=1S/C16H21NO5/c1-2-20-15(19)12-11-5-6-16(22-11)9-17(14(18)13(12)16)8-10-4-3-7-21-10/h5-6,10-13H,2-4,7-9H2,1H3/t10?,11-,12?,13-,16?/m1/s1. The van der Waals surface area contributed by atoms with Gasteiger partial charge in [-0.2, -0.15) is 0 Å². The molecule has 2 bridgehead atoms. The maximum absolute atomic E-state index is 12.8. The highest BCUT2D eigenvalue weighted by Crippen LogP contribution is 2.52. The summed E-state index contributed by atoms with van der Waals surface area (Å²) >= 11 is 0. The van der Waals surface area contributed by atoms with Crippen molar-refractivity contribution in [2.45, 2.75) is 37.6 Å². The molecular weight excluding hydrogens is 286 g/mol. The van der Waals surface area contributed by atoms with E-state index in [1.165, 1.54) is 0 Å². The smallest absolute Gasteiger partial charge is 0.312 e. The van der Waals surface area contributed by atoms with Crippen LogP contribution in [-0.2, 0) is 23.8 Å². The lowest BCUT2D eigenvalue weighted by atomic mass is 9.77. The van der Waals surface area contributed by atoms with Crippen LogP contribution in [0, 0.1) is 11.8 Å². The Labute approximate surface area is 129 Å². The van der Waals surface area contributed by atoms with Crippen molar-refractivity contribution in [3.63, 3.8) is 0 Å². The quantitative estimate of drug-likeness (QED) is 0.559. The Morgan fingerprint density at radius 3 is 3.14 bits per heavy atom. The number of amides is 1. The molecule has 1 amide bonds. The van der Waals surface area contributed by atoms with Crippen LogP contribution in [0.5, 0.6) is 0 Å². The van der Waals surface area contributed by atoms with Crippen molar-refractivity contribution in [2.75, 3.05) is 26.3 Å². The summed E-state index contributed by atoms with van der Waals surface area (Å²) in [5, 5.41) is 0. The zero-order valence-electron chi connectivity index (χ0n) is 12.7. The molecular formula is C16H21NO5. The highest BCUT2D eigenvalue weighted by atomic mass is 16.6.